The maximum absolute atomic E-state index is 13.0. The molecule has 4 rings (SSSR count). The van der Waals surface area contributed by atoms with Gasteiger partial charge in [0.25, 0.3) is 15.9 Å². The van der Waals surface area contributed by atoms with Gasteiger partial charge in [-0.2, -0.15) is 4.31 Å². The van der Waals surface area contributed by atoms with Crippen molar-refractivity contribution < 1.29 is 22.0 Å². The minimum absolute atomic E-state index is 0.0864. The highest BCUT2D eigenvalue weighted by Gasteiger charge is 2.31. The molecule has 1 aliphatic rings. The zero-order valence-electron chi connectivity index (χ0n) is 17.1. The number of hydrogen-bond acceptors (Lipinski definition) is 8. The molecule has 1 fully saturated rings. The Bertz CT molecular complexity index is 1100. The molecule has 1 aliphatic heterocycles. The number of piperazine rings is 1. The van der Waals surface area contributed by atoms with E-state index in [1.807, 2.05) is 38.1 Å². The summed E-state index contributed by atoms with van der Waals surface area (Å²) in [6.45, 7) is 5.77. The number of nitrogens with zero attached hydrogens (tertiary/aromatic N) is 4. The van der Waals surface area contributed by atoms with Gasteiger partial charge in [-0.15, -0.1) is 10.2 Å². The lowest BCUT2D eigenvalue weighted by Crippen LogP contribution is -2.48. The molecule has 30 heavy (non-hydrogen) atoms. The first kappa shape index (κ1) is 20.4. The monoisotopic (exact) mass is 432 g/mol. The number of benzene rings is 1. The zero-order chi connectivity index (χ0) is 21.3. The number of hydrogen-bond donors (Lipinski definition) is 0. The maximum atomic E-state index is 13.0. The van der Waals surface area contributed by atoms with Crippen molar-refractivity contribution in [3.8, 4) is 17.2 Å². The smallest absolute Gasteiger partial charge is 0.276 e. The van der Waals surface area contributed by atoms with Crippen LogP contribution in [0.15, 0.2) is 50.5 Å². The van der Waals surface area contributed by atoms with Crippen molar-refractivity contribution in [2.75, 3.05) is 38.2 Å². The SMILES string of the molecule is COc1ccc(N2CCN(S(=O)(=O)c3cc(-c4nnc(C(C)C)o4)co3)CC2)cc1. The van der Waals surface area contributed by atoms with Gasteiger partial charge in [-0.25, -0.2) is 8.42 Å². The molecule has 0 amide bonds. The Morgan fingerprint density at radius 2 is 1.77 bits per heavy atom. The molecule has 0 atom stereocenters. The molecule has 0 spiro atoms. The molecule has 0 aliphatic carbocycles. The van der Waals surface area contributed by atoms with Crippen LogP contribution in [0.4, 0.5) is 5.69 Å². The molecule has 3 aromatic rings. The highest BCUT2D eigenvalue weighted by atomic mass is 32.2. The minimum Gasteiger partial charge on any atom is -0.497 e. The third kappa shape index (κ3) is 3.92. The Kier molecular flexibility index (Phi) is 5.52. The Hall–Kier alpha value is -2.85. The number of methoxy groups -OCH3 is 1. The fraction of sp³-hybridized carbons (Fsp3) is 0.400. The predicted molar refractivity (Wildman–Crippen MR) is 110 cm³/mol. The standard InChI is InChI=1S/C20H24N4O5S/c1-14(2)19-21-22-20(29-19)15-12-18(28-13-15)30(25,26)24-10-8-23(9-11-24)16-4-6-17(27-3)7-5-16/h4-7,12-14H,8-11H2,1-3H3. The second kappa shape index (κ2) is 8.11. The summed E-state index contributed by atoms with van der Waals surface area (Å²) in [5, 5.41) is 7.82. The summed E-state index contributed by atoms with van der Waals surface area (Å²) in [4.78, 5) is 2.14. The second-order valence-corrected chi connectivity index (χ2v) is 9.21. The van der Waals surface area contributed by atoms with E-state index in [-0.39, 0.29) is 16.9 Å². The van der Waals surface area contributed by atoms with Gasteiger partial charge in [-0.05, 0) is 24.3 Å². The quantitative estimate of drug-likeness (QED) is 0.586. The molecule has 0 bridgehead atoms. The lowest BCUT2D eigenvalue weighted by Gasteiger charge is -2.34. The molecule has 1 saturated heterocycles. The van der Waals surface area contributed by atoms with Gasteiger partial charge < -0.3 is 18.5 Å². The van der Waals surface area contributed by atoms with E-state index in [0.717, 1.165) is 11.4 Å². The van der Waals surface area contributed by atoms with Crippen molar-refractivity contribution in [2.24, 2.45) is 0 Å². The molecule has 3 heterocycles. The van der Waals surface area contributed by atoms with Crippen LogP contribution < -0.4 is 9.64 Å². The van der Waals surface area contributed by atoms with Gasteiger partial charge in [0, 0.05) is 43.9 Å². The maximum Gasteiger partial charge on any atom is 0.276 e. The molecule has 0 radical (unpaired) electrons. The van der Waals surface area contributed by atoms with Crippen LogP contribution in [-0.2, 0) is 10.0 Å². The number of anilines is 1. The number of ether oxygens (including phenoxy) is 1. The van der Waals surface area contributed by atoms with Crippen molar-refractivity contribution in [2.45, 2.75) is 24.9 Å². The van der Waals surface area contributed by atoms with Crippen molar-refractivity contribution in [1.29, 1.82) is 0 Å². The zero-order valence-corrected chi connectivity index (χ0v) is 17.9. The van der Waals surface area contributed by atoms with E-state index in [0.29, 0.717) is 37.6 Å². The number of sulfonamides is 1. The van der Waals surface area contributed by atoms with E-state index in [2.05, 4.69) is 15.1 Å². The summed E-state index contributed by atoms with van der Waals surface area (Å²) in [5.74, 6) is 1.61. The van der Waals surface area contributed by atoms with Gasteiger partial charge >= 0.3 is 0 Å². The first-order valence-corrected chi connectivity index (χ1v) is 11.1. The van der Waals surface area contributed by atoms with Gasteiger partial charge in [-0.1, -0.05) is 13.8 Å². The number of rotatable bonds is 6. The summed E-state index contributed by atoms with van der Waals surface area (Å²) < 4.78 is 43.6. The first-order chi connectivity index (χ1) is 14.4. The summed E-state index contributed by atoms with van der Waals surface area (Å²) in [6.07, 6.45) is 1.33. The fourth-order valence-corrected chi connectivity index (χ4v) is 4.60. The number of furan rings is 1. The van der Waals surface area contributed by atoms with E-state index in [1.165, 1.54) is 16.6 Å². The largest absolute Gasteiger partial charge is 0.497 e. The van der Waals surface area contributed by atoms with Crippen LogP contribution in [0.5, 0.6) is 5.75 Å². The van der Waals surface area contributed by atoms with Crippen molar-refractivity contribution in [3.63, 3.8) is 0 Å². The first-order valence-electron chi connectivity index (χ1n) is 9.70. The topological polar surface area (TPSA) is 102 Å². The lowest BCUT2D eigenvalue weighted by molar-refractivity contribution is 0.361. The van der Waals surface area contributed by atoms with Crippen LogP contribution >= 0.6 is 0 Å². The van der Waals surface area contributed by atoms with E-state index in [1.54, 1.807) is 7.11 Å². The molecule has 160 valence electrons. The van der Waals surface area contributed by atoms with Crippen LogP contribution in [0, 0.1) is 0 Å². The van der Waals surface area contributed by atoms with Crippen LogP contribution in [0.3, 0.4) is 0 Å². The van der Waals surface area contributed by atoms with Crippen LogP contribution in [-0.4, -0.2) is 56.2 Å². The fourth-order valence-electron chi connectivity index (χ4n) is 3.26. The predicted octanol–water partition coefficient (Wildman–Crippen LogP) is 2.97. The summed E-state index contributed by atoms with van der Waals surface area (Å²) in [7, 11) is -2.12. The van der Waals surface area contributed by atoms with Gasteiger partial charge in [0.1, 0.15) is 12.0 Å². The normalized spacial score (nSPS) is 15.7. The molecule has 1 aromatic carbocycles. The molecular weight excluding hydrogens is 408 g/mol. The average molecular weight is 433 g/mol. The highest BCUT2D eigenvalue weighted by Crippen LogP contribution is 2.28. The molecule has 0 N–H and O–H groups in total. The van der Waals surface area contributed by atoms with Gasteiger partial charge in [-0.3, -0.25) is 0 Å². The number of aromatic nitrogens is 2. The third-order valence-corrected chi connectivity index (χ3v) is 6.79. The minimum atomic E-state index is -3.74. The molecular formula is C20H24N4O5S. The van der Waals surface area contributed by atoms with E-state index < -0.39 is 10.0 Å². The lowest BCUT2D eigenvalue weighted by atomic mass is 10.2. The van der Waals surface area contributed by atoms with Crippen LogP contribution in [0.1, 0.15) is 25.7 Å². The Morgan fingerprint density at radius 1 is 1.07 bits per heavy atom. The molecule has 2 aromatic heterocycles. The Labute approximate surface area is 175 Å². The molecule has 9 nitrogen and oxygen atoms in total. The van der Waals surface area contributed by atoms with Gasteiger partial charge in [0.15, 0.2) is 0 Å². The van der Waals surface area contributed by atoms with Crippen molar-refractivity contribution >= 4 is 15.7 Å². The van der Waals surface area contributed by atoms with Crippen molar-refractivity contribution in [3.05, 3.63) is 42.5 Å². The molecule has 10 heteroatoms. The van der Waals surface area contributed by atoms with Crippen molar-refractivity contribution in [1.82, 2.24) is 14.5 Å². The molecule has 0 unspecified atom stereocenters. The Morgan fingerprint density at radius 3 is 2.37 bits per heavy atom. The second-order valence-electron chi connectivity index (χ2n) is 7.34. The van der Waals surface area contributed by atoms with E-state index in [9.17, 15) is 8.42 Å². The summed E-state index contributed by atoms with van der Waals surface area (Å²) in [5.41, 5.74) is 1.48. The Balaban J connectivity index is 1.45. The summed E-state index contributed by atoms with van der Waals surface area (Å²) in [6, 6.07) is 9.16. The van der Waals surface area contributed by atoms with E-state index >= 15 is 0 Å². The summed E-state index contributed by atoms with van der Waals surface area (Å²) >= 11 is 0. The molecule has 0 saturated carbocycles. The van der Waals surface area contributed by atoms with E-state index in [4.69, 9.17) is 13.6 Å². The van der Waals surface area contributed by atoms with Gasteiger partial charge in [0.2, 0.25) is 11.0 Å². The van der Waals surface area contributed by atoms with Crippen LogP contribution in [0.2, 0.25) is 0 Å². The average Bonchev–Trinajstić information content (AvgIpc) is 3.44. The van der Waals surface area contributed by atoms with Crippen LogP contribution in [0.25, 0.3) is 11.5 Å². The third-order valence-electron chi connectivity index (χ3n) is 5.03. The van der Waals surface area contributed by atoms with Gasteiger partial charge in [0.05, 0.1) is 12.7 Å². The highest BCUT2D eigenvalue weighted by molar-refractivity contribution is 7.89.